The fourth-order valence-corrected chi connectivity index (χ4v) is 0.888. The molecule has 0 aromatic rings. The Kier molecular flexibility index (Phi) is 4.44. The average Bonchev–Trinajstić information content (AvgIpc) is 1.93. The minimum Gasteiger partial charge on any atom is -0.389 e. The summed E-state index contributed by atoms with van der Waals surface area (Å²) in [5, 5.41) is 10.5. The Morgan fingerprint density at radius 3 is 1.71 bits per heavy atom. The highest BCUT2D eigenvalue weighted by Crippen LogP contribution is 2.39. The van der Waals surface area contributed by atoms with Crippen molar-refractivity contribution in [2.45, 2.75) is 31.8 Å². The highest BCUT2D eigenvalue weighted by atomic mass is 19.4. The van der Waals surface area contributed by atoms with E-state index in [0.717, 1.165) is 13.8 Å². The third-order valence-corrected chi connectivity index (χ3v) is 1.61. The predicted molar refractivity (Wildman–Crippen MR) is 44.9 cm³/mol. The summed E-state index contributed by atoms with van der Waals surface area (Å²) in [6.45, 7) is 1.54. The second-order valence-electron chi connectivity index (χ2n) is 4.05. The van der Waals surface area contributed by atoms with Crippen LogP contribution in [0.1, 0.15) is 13.8 Å². The van der Waals surface area contributed by atoms with E-state index in [1.807, 2.05) is 0 Å². The quantitative estimate of drug-likeness (QED) is 0.763. The highest BCUT2D eigenvalue weighted by Gasteiger charge is 2.61. The number of hydrogen-bond acceptors (Lipinski definition) is 2. The third-order valence-electron chi connectivity index (χ3n) is 1.61. The Hall–Kier alpha value is -0.990. The molecule has 17 heavy (non-hydrogen) atoms. The first kappa shape index (κ1) is 16.0. The van der Waals surface area contributed by atoms with Crippen LogP contribution in [0.2, 0.25) is 0 Å². The Morgan fingerprint density at radius 1 is 1.12 bits per heavy atom. The summed E-state index contributed by atoms with van der Waals surface area (Å²) in [5.74, 6) is -6.32. The number of halogens is 6. The van der Waals surface area contributed by atoms with Gasteiger partial charge in [-0.25, -0.2) is 0 Å². The van der Waals surface area contributed by atoms with Gasteiger partial charge in [0.2, 0.25) is 11.8 Å². The van der Waals surface area contributed by atoms with E-state index in [1.165, 1.54) is 5.32 Å². The number of alkyl halides is 6. The largest absolute Gasteiger partial charge is 0.409 e. The molecule has 0 saturated heterocycles. The predicted octanol–water partition coefficient (Wildman–Crippen LogP) is 1.61. The summed E-state index contributed by atoms with van der Waals surface area (Å²) < 4.78 is 72.3. The second-order valence-corrected chi connectivity index (χ2v) is 4.05. The summed E-state index contributed by atoms with van der Waals surface area (Å²) >= 11 is 0. The normalized spacial score (nSPS) is 14.0. The van der Waals surface area contributed by atoms with Crippen molar-refractivity contribution in [2.24, 2.45) is 5.92 Å². The third kappa shape index (κ3) is 5.76. The van der Waals surface area contributed by atoms with Crippen molar-refractivity contribution < 1.29 is 36.2 Å². The van der Waals surface area contributed by atoms with Crippen molar-refractivity contribution >= 4 is 5.91 Å². The molecule has 0 aromatic carbocycles. The first-order valence-electron chi connectivity index (χ1n) is 4.38. The van der Waals surface area contributed by atoms with Crippen molar-refractivity contribution in [3.05, 3.63) is 0 Å². The summed E-state index contributed by atoms with van der Waals surface area (Å²) in [7, 11) is 0. The molecule has 0 aromatic heterocycles. The van der Waals surface area contributed by atoms with Gasteiger partial charge in [-0.1, -0.05) is 0 Å². The molecule has 0 heterocycles. The first-order chi connectivity index (χ1) is 7.25. The summed E-state index contributed by atoms with van der Waals surface area (Å²) in [4.78, 5) is 10.8. The van der Waals surface area contributed by atoms with E-state index >= 15 is 0 Å². The van der Waals surface area contributed by atoms with Crippen molar-refractivity contribution in [3.63, 3.8) is 0 Å². The van der Waals surface area contributed by atoms with Gasteiger partial charge in [-0.05, 0) is 13.8 Å². The van der Waals surface area contributed by atoms with Gasteiger partial charge in [0.15, 0.2) is 0 Å². The number of nitrogens with one attached hydrogen (secondary N) is 1. The molecule has 0 fully saturated rings. The number of amides is 1. The Bertz CT molecular complexity index is 263. The van der Waals surface area contributed by atoms with Crippen molar-refractivity contribution in [1.29, 1.82) is 0 Å². The molecule has 102 valence electrons. The van der Waals surface area contributed by atoms with Crippen LogP contribution < -0.4 is 5.32 Å². The lowest BCUT2D eigenvalue weighted by Gasteiger charge is -2.24. The molecule has 0 aliphatic heterocycles. The SMILES string of the molecule is CC(C)(O)CNC(=O)C(C(F)(F)F)C(F)(F)F. The minimum atomic E-state index is -5.72. The van der Waals surface area contributed by atoms with Gasteiger partial charge in [0.05, 0.1) is 5.60 Å². The van der Waals surface area contributed by atoms with Gasteiger partial charge in [-0.15, -0.1) is 0 Å². The van der Waals surface area contributed by atoms with Crippen LogP contribution >= 0.6 is 0 Å². The Balaban J connectivity index is 4.81. The molecular weight excluding hydrogens is 256 g/mol. The first-order valence-corrected chi connectivity index (χ1v) is 4.38. The van der Waals surface area contributed by atoms with Gasteiger partial charge in [-0.3, -0.25) is 4.79 Å². The number of carbonyl (C=O) groups excluding carboxylic acids is 1. The Labute approximate surface area is 92.8 Å². The van der Waals surface area contributed by atoms with E-state index in [-0.39, 0.29) is 0 Å². The molecule has 0 unspecified atom stereocenters. The van der Waals surface area contributed by atoms with Crippen LogP contribution in [0.15, 0.2) is 0 Å². The van der Waals surface area contributed by atoms with Crippen LogP contribution in [0.25, 0.3) is 0 Å². The molecule has 0 aliphatic carbocycles. The number of hydrogen-bond donors (Lipinski definition) is 2. The maximum Gasteiger partial charge on any atom is 0.409 e. The van der Waals surface area contributed by atoms with E-state index in [4.69, 9.17) is 5.11 Å². The molecule has 3 nitrogen and oxygen atoms in total. The van der Waals surface area contributed by atoms with Crippen LogP contribution in [-0.4, -0.2) is 35.5 Å². The number of carbonyl (C=O) groups is 1. The van der Waals surface area contributed by atoms with Crippen LogP contribution in [0.5, 0.6) is 0 Å². The molecule has 1 amide bonds. The molecular formula is C8H11F6NO2. The minimum absolute atomic E-state index is 0.714. The van der Waals surface area contributed by atoms with Gasteiger partial charge in [0.1, 0.15) is 0 Å². The standard InChI is InChI=1S/C8H11F6NO2/c1-6(2,17)3-15-5(16)4(7(9,10)11)8(12,13)14/h4,17H,3H2,1-2H3,(H,15,16). The lowest BCUT2D eigenvalue weighted by atomic mass is 10.1. The van der Waals surface area contributed by atoms with E-state index in [2.05, 4.69) is 0 Å². The van der Waals surface area contributed by atoms with E-state index in [0.29, 0.717) is 0 Å². The van der Waals surface area contributed by atoms with Gasteiger partial charge in [0.25, 0.3) is 0 Å². The maximum atomic E-state index is 12.0. The fourth-order valence-electron chi connectivity index (χ4n) is 0.888. The fraction of sp³-hybridized carbons (Fsp3) is 0.875. The molecule has 0 spiro atoms. The van der Waals surface area contributed by atoms with Crippen LogP contribution in [-0.2, 0) is 4.79 Å². The summed E-state index contributed by atoms with van der Waals surface area (Å²) in [6.07, 6.45) is -11.4. The van der Waals surface area contributed by atoms with Gasteiger partial charge < -0.3 is 10.4 Å². The molecule has 2 N–H and O–H groups in total. The molecule has 0 radical (unpaired) electrons. The molecule has 0 bridgehead atoms. The van der Waals surface area contributed by atoms with Gasteiger partial charge in [-0.2, -0.15) is 26.3 Å². The van der Waals surface area contributed by atoms with E-state index in [1.54, 1.807) is 0 Å². The topological polar surface area (TPSA) is 49.3 Å². The smallest absolute Gasteiger partial charge is 0.389 e. The number of aliphatic hydroxyl groups is 1. The summed E-state index contributed by atoms with van der Waals surface area (Å²) in [5.41, 5.74) is -1.60. The van der Waals surface area contributed by atoms with Crippen molar-refractivity contribution in [2.75, 3.05) is 6.54 Å². The Morgan fingerprint density at radius 2 is 1.47 bits per heavy atom. The molecule has 0 rings (SSSR count). The van der Waals surface area contributed by atoms with Crippen LogP contribution in [0.4, 0.5) is 26.3 Å². The van der Waals surface area contributed by atoms with Gasteiger partial charge >= 0.3 is 12.4 Å². The van der Waals surface area contributed by atoms with Crippen molar-refractivity contribution in [1.82, 2.24) is 5.32 Å². The lowest BCUT2D eigenvalue weighted by molar-refractivity contribution is -0.274. The molecule has 0 atom stereocenters. The monoisotopic (exact) mass is 267 g/mol. The van der Waals surface area contributed by atoms with E-state index < -0.39 is 36.3 Å². The highest BCUT2D eigenvalue weighted by molar-refractivity contribution is 5.80. The van der Waals surface area contributed by atoms with Crippen LogP contribution in [0, 0.1) is 5.92 Å². The molecule has 0 aliphatic rings. The zero-order valence-corrected chi connectivity index (χ0v) is 8.91. The zero-order chi connectivity index (χ0) is 14.1. The second kappa shape index (κ2) is 4.71. The molecule has 0 saturated carbocycles. The summed E-state index contributed by atoms with van der Waals surface area (Å²) in [6, 6.07) is 0. The lowest BCUT2D eigenvalue weighted by Crippen LogP contribution is -2.50. The number of rotatable bonds is 3. The van der Waals surface area contributed by atoms with Crippen molar-refractivity contribution in [3.8, 4) is 0 Å². The zero-order valence-electron chi connectivity index (χ0n) is 8.91. The maximum absolute atomic E-state index is 12.0. The average molecular weight is 267 g/mol. The van der Waals surface area contributed by atoms with E-state index in [9.17, 15) is 31.1 Å². The van der Waals surface area contributed by atoms with Crippen LogP contribution in [0.3, 0.4) is 0 Å². The molecule has 9 heteroatoms. The van der Waals surface area contributed by atoms with Gasteiger partial charge in [0, 0.05) is 6.54 Å².